The zero-order chi connectivity index (χ0) is 13.5. The molecular formula is C10H15N3O5. The van der Waals surface area contributed by atoms with Crippen molar-refractivity contribution in [1.29, 1.82) is 0 Å². The molecule has 1 aliphatic rings. The van der Waals surface area contributed by atoms with Crippen molar-refractivity contribution in [2.75, 3.05) is 12.3 Å². The van der Waals surface area contributed by atoms with Crippen LogP contribution < -0.4 is 11.4 Å². The summed E-state index contributed by atoms with van der Waals surface area (Å²) in [7, 11) is 0. The van der Waals surface area contributed by atoms with Crippen LogP contribution in [0, 0.1) is 0 Å². The summed E-state index contributed by atoms with van der Waals surface area (Å²) in [6, 6.07) is 1.37. The number of rotatable bonds is 2. The Morgan fingerprint density at radius 2 is 2.33 bits per heavy atom. The Hall–Kier alpha value is -1.48. The van der Waals surface area contributed by atoms with E-state index in [1.165, 1.54) is 19.2 Å². The summed E-state index contributed by atoms with van der Waals surface area (Å²) in [6.07, 6.45) is -2.09. The second-order valence-corrected chi connectivity index (χ2v) is 4.42. The van der Waals surface area contributed by atoms with Crippen molar-refractivity contribution in [1.82, 2.24) is 9.55 Å². The van der Waals surface area contributed by atoms with Gasteiger partial charge in [-0.25, -0.2) is 4.79 Å². The van der Waals surface area contributed by atoms with Gasteiger partial charge >= 0.3 is 5.69 Å². The van der Waals surface area contributed by atoms with Crippen LogP contribution in [0.3, 0.4) is 0 Å². The van der Waals surface area contributed by atoms with Crippen LogP contribution in [0.4, 0.5) is 5.82 Å². The lowest BCUT2D eigenvalue weighted by atomic mass is 9.96. The number of anilines is 1. The van der Waals surface area contributed by atoms with Crippen LogP contribution in [0.15, 0.2) is 17.1 Å². The summed E-state index contributed by atoms with van der Waals surface area (Å²) in [5.74, 6) is 0.0492. The van der Waals surface area contributed by atoms with Crippen LogP contribution in [0.1, 0.15) is 13.2 Å². The lowest BCUT2D eigenvalue weighted by molar-refractivity contribution is -0.0986. The zero-order valence-corrected chi connectivity index (χ0v) is 9.72. The van der Waals surface area contributed by atoms with E-state index in [-0.39, 0.29) is 5.82 Å². The van der Waals surface area contributed by atoms with Gasteiger partial charge in [-0.05, 0) is 13.0 Å². The number of hydrogen-bond acceptors (Lipinski definition) is 7. The van der Waals surface area contributed by atoms with Crippen LogP contribution in [-0.4, -0.2) is 49.3 Å². The van der Waals surface area contributed by atoms with Crippen molar-refractivity contribution >= 4 is 5.82 Å². The topological polar surface area (TPSA) is 131 Å². The van der Waals surface area contributed by atoms with Crippen molar-refractivity contribution in [3.8, 4) is 0 Å². The van der Waals surface area contributed by atoms with E-state index in [0.717, 1.165) is 4.57 Å². The number of ether oxygens (including phenoxy) is 1. The molecule has 100 valence electrons. The standard InChI is InChI=1S/C10H15N3O5/c1-10(17)7(15)5(4-14)18-8(10)13-3-2-6(11)12-9(13)16/h2-3,5,7-8,14-15,17H,4H2,1H3,(H2,11,12,16)/t5-,7?,8-,10?/m1/s1. The fourth-order valence-electron chi connectivity index (χ4n) is 1.99. The van der Waals surface area contributed by atoms with Crippen LogP contribution in [-0.2, 0) is 4.74 Å². The number of aromatic nitrogens is 2. The van der Waals surface area contributed by atoms with E-state index in [0.29, 0.717) is 0 Å². The Kier molecular flexibility index (Phi) is 3.11. The van der Waals surface area contributed by atoms with E-state index in [2.05, 4.69) is 4.98 Å². The highest BCUT2D eigenvalue weighted by Gasteiger charge is 2.53. The summed E-state index contributed by atoms with van der Waals surface area (Å²) in [6.45, 7) is 0.853. The third-order valence-electron chi connectivity index (χ3n) is 3.04. The van der Waals surface area contributed by atoms with Gasteiger partial charge in [0.15, 0.2) is 6.23 Å². The van der Waals surface area contributed by atoms with Crippen LogP contribution in [0.25, 0.3) is 0 Å². The predicted molar refractivity (Wildman–Crippen MR) is 60.5 cm³/mol. The number of aliphatic hydroxyl groups is 3. The monoisotopic (exact) mass is 257 g/mol. The van der Waals surface area contributed by atoms with E-state index < -0.39 is 36.3 Å². The highest BCUT2D eigenvalue weighted by atomic mass is 16.6. The lowest BCUT2D eigenvalue weighted by Crippen LogP contribution is -2.46. The minimum absolute atomic E-state index is 0.0492. The maximum absolute atomic E-state index is 11.7. The number of aliphatic hydroxyl groups excluding tert-OH is 2. The molecule has 0 bridgehead atoms. The van der Waals surface area contributed by atoms with E-state index in [1.54, 1.807) is 0 Å². The average molecular weight is 257 g/mol. The molecule has 1 saturated heterocycles. The molecule has 2 unspecified atom stereocenters. The predicted octanol–water partition coefficient (Wildman–Crippen LogP) is -2.17. The maximum Gasteiger partial charge on any atom is 0.351 e. The van der Waals surface area contributed by atoms with Crippen molar-refractivity contribution < 1.29 is 20.1 Å². The van der Waals surface area contributed by atoms with Crippen molar-refractivity contribution in [3.63, 3.8) is 0 Å². The normalized spacial score (nSPS) is 35.9. The van der Waals surface area contributed by atoms with Gasteiger partial charge in [-0.2, -0.15) is 4.98 Å². The molecule has 0 aliphatic carbocycles. The molecule has 0 amide bonds. The molecule has 1 aromatic heterocycles. The summed E-state index contributed by atoms with van der Waals surface area (Å²) in [5, 5.41) is 29.0. The van der Waals surface area contributed by atoms with E-state index in [4.69, 9.17) is 15.6 Å². The van der Waals surface area contributed by atoms with Gasteiger partial charge in [0.25, 0.3) is 0 Å². The molecule has 4 atom stereocenters. The minimum atomic E-state index is -1.71. The van der Waals surface area contributed by atoms with Gasteiger partial charge in [-0.1, -0.05) is 0 Å². The second kappa shape index (κ2) is 4.32. The Bertz CT molecular complexity index is 501. The SMILES string of the molecule is CC1(O)C(O)[C@@H](CO)O[C@H]1n1ccc(N)nc1=O. The maximum atomic E-state index is 11.7. The first kappa shape index (κ1) is 13.0. The Morgan fingerprint density at radius 3 is 2.83 bits per heavy atom. The molecule has 0 saturated carbocycles. The third-order valence-corrected chi connectivity index (χ3v) is 3.04. The minimum Gasteiger partial charge on any atom is -0.394 e. The fourth-order valence-corrected chi connectivity index (χ4v) is 1.99. The van der Waals surface area contributed by atoms with Crippen LogP contribution >= 0.6 is 0 Å². The average Bonchev–Trinajstić information content (AvgIpc) is 2.52. The molecule has 1 aromatic rings. The Labute approximate surface area is 102 Å². The van der Waals surface area contributed by atoms with Gasteiger partial charge in [-0.15, -0.1) is 0 Å². The molecule has 0 spiro atoms. The highest BCUT2D eigenvalue weighted by molar-refractivity contribution is 5.23. The summed E-state index contributed by atoms with van der Waals surface area (Å²) in [4.78, 5) is 15.2. The Balaban J connectivity index is 2.42. The number of nitrogens with two attached hydrogens (primary N) is 1. The summed E-state index contributed by atoms with van der Waals surface area (Å²) >= 11 is 0. The number of nitrogens with zero attached hydrogens (tertiary/aromatic N) is 2. The second-order valence-electron chi connectivity index (χ2n) is 4.42. The smallest absolute Gasteiger partial charge is 0.351 e. The molecule has 1 fully saturated rings. The van der Waals surface area contributed by atoms with E-state index in [9.17, 15) is 15.0 Å². The van der Waals surface area contributed by atoms with Gasteiger partial charge in [-0.3, -0.25) is 4.57 Å². The first-order valence-electron chi connectivity index (χ1n) is 5.39. The van der Waals surface area contributed by atoms with E-state index in [1.807, 2.05) is 0 Å². The first-order chi connectivity index (χ1) is 8.37. The quantitative estimate of drug-likeness (QED) is 0.474. The molecule has 5 N–H and O–H groups in total. The molecule has 1 aliphatic heterocycles. The first-order valence-corrected chi connectivity index (χ1v) is 5.39. The molecule has 8 nitrogen and oxygen atoms in total. The van der Waals surface area contributed by atoms with Crippen molar-refractivity contribution in [3.05, 3.63) is 22.7 Å². The molecule has 18 heavy (non-hydrogen) atoms. The highest BCUT2D eigenvalue weighted by Crippen LogP contribution is 2.37. The fraction of sp³-hybridized carbons (Fsp3) is 0.600. The molecule has 8 heteroatoms. The zero-order valence-electron chi connectivity index (χ0n) is 9.72. The number of nitrogen functional groups attached to an aromatic ring is 1. The molecule has 0 aromatic carbocycles. The van der Waals surface area contributed by atoms with Crippen LogP contribution in [0.5, 0.6) is 0 Å². The molecule has 2 rings (SSSR count). The summed E-state index contributed by atoms with van der Waals surface area (Å²) < 4.78 is 6.30. The largest absolute Gasteiger partial charge is 0.394 e. The third kappa shape index (κ3) is 1.89. The lowest BCUT2D eigenvalue weighted by Gasteiger charge is -2.27. The molecule has 2 heterocycles. The van der Waals surface area contributed by atoms with Gasteiger partial charge in [0.1, 0.15) is 23.6 Å². The van der Waals surface area contributed by atoms with Gasteiger partial charge in [0.05, 0.1) is 6.61 Å². The van der Waals surface area contributed by atoms with E-state index >= 15 is 0 Å². The van der Waals surface area contributed by atoms with Gasteiger partial charge in [0.2, 0.25) is 0 Å². The van der Waals surface area contributed by atoms with Crippen LogP contribution in [0.2, 0.25) is 0 Å². The summed E-state index contributed by atoms with van der Waals surface area (Å²) in [5.41, 5.74) is 2.94. The van der Waals surface area contributed by atoms with Gasteiger partial charge < -0.3 is 25.8 Å². The molecular weight excluding hydrogens is 242 g/mol. The van der Waals surface area contributed by atoms with Gasteiger partial charge in [0, 0.05) is 6.20 Å². The Morgan fingerprint density at radius 1 is 1.67 bits per heavy atom. The van der Waals surface area contributed by atoms with Crippen molar-refractivity contribution in [2.45, 2.75) is 31.0 Å². The van der Waals surface area contributed by atoms with Crippen molar-refractivity contribution in [2.24, 2.45) is 0 Å². The molecule has 0 radical (unpaired) electrons. The number of hydrogen-bond donors (Lipinski definition) is 4.